The number of hydrogen-bond donors (Lipinski definition) is 1. The van der Waals surface area contributed by atoms with Crippen molar-refractivity contribution in [1.82, 2.24) is 14.8 Å². The first kappa shape index (κ1) is 18.2. The summed E-state index contributed by atoms with van der Waals surface area (Å²) in [6, 6.07) is 2.36. The largest absolute Gasteiger partial charge is 0.453 e. The van der Waals surface area contributed by atoms with E-state index in [0.29, 0.717) is 12.0 Å². The van der Waals surface area contributed by atoms with Gasteiger partial charge in [-0.05, 0) is 30.5 Å². The second-order valence-corrected chi connectivity index (χ2v) is 6.27. The van der Waals surface area contributed by atoms with E-state index in [1.165, 1.54) is 20.0 Å². The maximum Gasteiger partial charge on any atom is 0.453 e. The lowest BCUT2D eigenvalue weighted by atomic mass is 10.1. The number of rotatable bonds is 4. The van der Waals surface area contributed by atoms with E-state index in [1.807, 2.05) is 0 Å². The minimum Gasteiger partial charge on any atom is -0.357 e. The Morgan fingerprint density at radius 2 is 1.92 bits per heavy atom. The lowest BCUT2D eigenvalue weighted by Crippen LogP contribution is -2.10. The van der Waals surface area contributed by atoms with Crippen molar-refractivity contribution in [1.29, 1.82) is 0 Å². The van der Waals surface area contributed by atoms with Crippen molar-refractivity contribution < 1.29 is 25.5 Å². The Morgan fingerprint density at radius 1 is 1.29 bits per heavy atom. The van der Waals surface area contributed by atoms with E-state index in [2.05, 4.69) is 15.4 Å². The van der Waals surface area contributed by atoms with Gasteiger partial charge in [-0.2, -0.15) is 31.3 Å². The van der Waals surface area contributed by atoms with E-state index >= 15 is 0 Å². The molecule has 0 aliphatic heterocycles. The van der Waals surface area contributed by atoms with Gasteiger partial charge in [0, 0.05) is 7.05 Å². The summed E-state index contributed by atoms with van der Waals surface area (Å²) in [5.41, 5.74) is 0.655. The number of aryl methyl sites for hydroxylation is 2. The molecule has 0 atom stereocenters. The molecule has 0 aliphatic rings. The van der Waals surface area contributed by atoms with Crippen LogP contribution in [0.25, 0.3) is 5.69 Å². The number of aromatic nitrogens is 3. The van der Waals surface area contributed by atoms with Gasteiger partial charge in [-0.15, -0.1) is 8.98 Å². The fourth-order valence-electron chi connectivity index (χ4n) is 2.24. The molecule has 24 heavy (non-hydrogen) atoms. The van der Waals surface area contributed by atoms with Crippen molar-refractivity contribution in [2.24, 2.45) is 0 Å². The van der Waals surface area contributed by atoms with Gasteiger partial charge in [0.05, 0.1) is 5.69 Å². The second kappa shape index (κ2) is 6.04. The van der Waals surface area contributed by atoms with Gasteiger partial charge in [-0.3, -0.25) is 0 Å². The SMILES string of the molecule is CCc1cc(C)c(S(=O)(=O)F)cc1-n1nc(C(F)(F)F)nc1NC. The molecule has 1 N–H and O–H groups in total. The summed E-state index contributed by atoms with van der Waals surface area (Å²) in [7, 11) is -3.69. The Labute approximate surface area is 135 Å². The third-order valence-electron chi connectivity index (χ3n) is 3.33. The Kier molecular flexibility index (Phi) is 4.57. The van der Waals surface area contributed by atoms with Gasteiger partial charge < -0.3 is 5.32 Å². The highest BCUT2D eigenvalue weighted by atomic mass is 32.3. The molecule has 0 bridgehead atoms. The standard InChI is InChI=1S/C13H14F4N4O2S/c1-4-8-5-7(2)10(24(17,22)23)6-9(8)21-12(18-3)19-11(20-21)13(14,15)16/h5-6H,4H2,1-3H3,(H,18,19,20). The van der Waals surface area contributed by atoms with E-state index in [-0.39, 0.29) is 17.2 Å². The number of anilines is 1. The molecule has 6 nitrogen and oxygen atoms in total. The van der Waals surface area contributed by atoms with Crippen molar-refractivity contribution in [3.05, 3.63) is 29.1 Å². The van der Waals surface area contributed by atoms with Crippen LogP contribution in [0.4, 0.5) is 23.0 Å². The van der Waals surface area contributed by atoms with Crippen molar-refractivity contribution in [3.8, 4) is 5.69 Å². The van der Waals surface area contributed by atoms with Gasteiger partial charge in [0.1, 0.15) is 4.90 Å². The van der Waals surface area contributed by atoms with Crippen LogP contribution in [0.15, 0.2) is 17.0 Å². The van der Waals surface area contributed by atoms with E-state index in [9.17, 15) is 25.5 Å². The van der Waals surface area contributed by atoms with Crippen LogP contribution in [0, 0.1) is 6.92 Å². The summed E-state index contributed by atoms with van der Waals surface area (Å²) >= 11 is 0. The number of benzene rings is 1. The van der Waals surface area contributed by atoms with Gasteiger partial charge in [0.25, 0.3) is 5.82 Å². The first-order chi connectivity index (χ1) is 11.0. The molecule has 1 aromatic heterocycles. The van der Waals surface area contributed by atoms with Crippen molar-refractivity contribution >= 4 is 16.2 Å². The molecule has 0 radical (unpaired) electrons. The fraction of sp³-hybridized carbons (Fsp3) is 0.385. The second-order valence-electron chi connectivity index (χ2n) is 4.96. The normalized spacial score (nSPS) is 12.5. The average molecular weight is 366 g/mol. The maximum absolute atomic E-state index is 13.4. The van der Waals surface area contributed by atoms with E-state index in [1.54, 1.807) is 6.92 Å². The summed E-state index contributed by atoms with van der Waals surface area (Å²) in [6.45, 7) is 3.12. The summed E-state index contributed by atoms with van der Waals surface area (Å²) in [5.74, 6) is -1.64. The van der Waals surface area contributed by atoms with Gasteiger partial charge >= 0.3 is 16.4 Å². The molecule has 2 aromatic rings. The topological polar surface area (TPSA) is 76.9 Å². The molecule has 0 fully saturated rings. The zero-order chi connectivity index (χ0) is 18.3. The molecule has 0 aliphatic carbocycles. The molecule has 2 rings (SSSR count). The predicted octanol–water partition coefficient (Wildman–Crippen LogP) is 2.86. The minimum atomic E-state index is -5.03. The molecular formula is C13H14F4N4O2S. The summed E-state index contributed by atoms with van der Waals surface area (Å²) in [6.07, 6.45) is -4.41. The van der Waals surface area contributed by atoms with Crippen LogP contribution in [-0.2, 0) is 22.8 Å². The quantitative estimate of drug-likeness (QED) is 0.665. The molecule has 132 valence electrons. The zero-order valence-electron chi connectivity index (χ0n) is 12.9. The Bertz CT molecular complexity index is 875. The molecule has 0 amide bonds. The van der Waals surface area contributed by atoms with E-state index in [4.69, 9.17) is 0 Å². The van der Waals surface area contributed by atoms with Crippen molar-refractivity contribution in [2.45, 2.75) is 31.3 Å². The van der Waals surface area contributed by atoms with Crippen LogP contribution >= 0.6 is 0 Å². The van der Waals surface area contributed by atoms with E-state index in [0.717, 1.165) is 10.7 Å². The molecule has 1 aromatic carbocycles. The van der Waals surface area contributed by atoms with Crippen LogP contribution in [0.2, 0.25) is 0 Å². The highest BCUT2D eigenvalue weighted by molar-refractivity contribution is 7.86. The van der Waals surface area contributed by atoms with Gasteiger partial charge in [0.15, 0.2) is 0 Å². The minimum absolute atomic E-state index is 0.00618. The maximum atomic E-state index is 13.4. The van der Waals surface area contributed by atoms with E-state index < -0.39 is 27.1 Å². The molecule has 1 heterocycles. The Hall–Kier alpha value is -2.17. The Balaban J connectivity index is 2.79. The first-order valence-corrected chi connectivity index (χ1v) is 8.18. The zero-order valence-corrected chi connectivity index (χ0v) is 13.8. The van der Waals surface area contributed by atoms with Crippen LogP contribution < -0.4 is 5.32 Å². The number of nitrogens with zero attached hydrogens (tertiary/aromatic N) is 3. The first-order valence-electron chi connectivity index (χ1n) is 6.79. The van der Waals surface area contributed by atoms with Gasteiger partial charge in [-0.1, -0.05) is 13.0 Å². The molecule has 0 unspecified atom stereocenters. The average Bonchev–Trinajstić information content (AvgIpc) is 2.89. The number of alkyl halides is 3. The van der Waals surface area contributed by atoms with Crippen LogP contribution in [0.5, 0.6) is 0 Å². The fourth-order valence-corrected chi connectivity index (χ4v) is 2.94. The smallest absolute Gasteiger partial charge is 0.357 e. The van der Waals surface area contributed by atoms with Crippen molar-refractivity contribution in [3.63, 3.8) is 0 Å². The highest BCUT2D eigenvalue weighted by Crippen LogP contribution is 2.31. The summed E-state index contributed by atoms with van der Waals surface area (Å²) in [5, 5.41) is 5.84. The molecule has 0 saturated heterocycles. The summed E-state index contributed by atoms with van der Waals surface area (Å²) in [4.78, 5) is 2.71. The molecule has 0 spiro atoms. The number of hydrogen-bond acceptors (Lipinski definition) is 5. The third-order valence-corrected chi connectivity index (χ3v) is 4.30. The van der Waals surface area contributed by atoms with Crippen molar-refractivity contribution in [2.75, 3.05) is 12.4 Å². The Morgan fingerprint density at radius 3 is 2.38 bits per heavy atom. The highest BCUT2D eigenvalue weighted by Gasteiger charge is 2.37. The van der Waals surface area contributed by atoms with Crippen LogP contribution in [0.1, 0.15) is 23.9 Å². The van der Waals surface area contributed by atoms with Gasteiger partial charge in [0.2, 0.25) is 5.95 Å². The van der Waals surface area contributed by atoms with Crippen LogP contribution in [0.3, 0.4) is 0 Å². The molecule has 0 saturated carbocycles. The van der Waals surface area contributed by atoms with Gasteiger partial charge in [-0.25, -0.2) is 0 Å². The number of nitrogens with one attached hydrogen (secondary N) is 1. The monoisotopic (exact) mass is 366 g/mol. The lowest BCUT2D eigenvalue weighted by Gasteiger charge is -2.13. The molecular weight excluding hydrogens is 352 g/mol. The lowest BCUT2D eigenvalue weighted by molar-refractivity contribution is -0.144. The summed E-state index contributed by atoms with van der Waals surface area (Å²) < 4.78 is 75.2. The number of halogens is 4. The molecule has 11 heteroatoms. The van der Waals surface area contributed by atoms with Crippen LogP contribution in [-0.4, -0.2) is 30.2 Å². The predicted molar refractivity (Wildman–Crippen MR) is 78.3 cm³/mol. The third kappa shape index (κ3) is 3.35.